The molecule has 9 nitrogen and oxygen atoms in total. The van der Waals surface area contributed by atoms with Crippen molar-refractivity contribution in [2.45, 2.75) is 57.3 Å². The molecule has 2 atom stereocenters. The van der Waals surface area contributed by atoms with Gasteiger partial charge in [-0.2, -0.15) is 0 Å². The topological polar surface area (TPSA) is 122 Å². The number of benzene rings is 2. The Morgan fingerprint density at radius 1 is 1.11 bits per heavy atom. The third-order valence-corrected chi connectivity index (χ3v) is 7.57. The first-order valence-electron chi connectivity index (χ1n) is 12.6. The van der Waals surface area contributed by atoms with Crippen LogP contribution in [-0.2, 0) is 22.6 Å². The average Bonchev–Trinajstić information content (AvgIpc) is 2.88. The minimum atomic E-state index is -1.18. The van der Waals surface area contributed by atoms with Crippen LogP contribution in [0.25, 0.3) is 0 Å². The van der Waals surface area contributed by atoms with Crippen molar-refractivity contribution >= 4 is 35.2 Å². The Morgan fingerprint density at radius 2 is 1.81 bits per heavy atom. The number of carboxylic acid groups (broad SMARTS) is 1. The first-order chi connectivity index (χ1) is 17.7. The van der Waals surface area contributed by atoms with Crippen molar-refractivity contribution in [2.24, 2.45) is 0 Å². The number of aliphatic hydroxyl groups excluding tert-OH is 1. The summed E-state index contributed by atoms with van der Waals surface area (Å²) < 4.78 is 0. The van der Waals surface area contributed by atoms with Crippen LogP contribution in [0.3, 0.4) is 0 Å². The summed E-state index contributed by atoms with van der Waals surface area (Å²) in [7, 11) is 0. The summed E-state index contributed by atoms with van der Waals surface area (Å²) in [5.74, 6) is -0.886. The van der Waals surface area contributed by atoms with Gasteiger partial charge in [0.05, 0.1) is 12.6 Å². The zero-order chi connectivity index (χ0) is 26.5. The molecule has 0 spiro atoms. The number of likely N-dealkylation sites (tertiary alicyclic amines) is 1. The molecule has 2 aromatic rings. The zero-order valence-corrected chi connectivity index (χ0v) is 21.6. The number of fused-ring (bicyclic) bond motifs is 1. The molecular formula is C27H33ClN4O5. The van der Waals surface area contributed by atoms with Gasteiger partial charge in [-0.05, 0) is 61.1 Å². The lowest BCUT2D eigenvalue weighted by Gasteiger charge is -2.35. The summed E-state index contributed by atoms with van der Waals surface area (Å²) in [6.45, 7) is 3.93. The molecule has 2 aliphatic rings. The van der Waals surface area contributed by atoms with Crippen LogP contribution in [0.15, 0.2) is 42.5 Å². The third-order valence-electron chi connectivity index (χ3n) is 7.15. The van der Waals surface area contributed by atoms with Gasteiger partial charge in [0.1, 0.15) is 12.1 Å². The number of aryl methyl sites for hydroxylation is 1. The van der Waals surface area contributed by atoms with E-state index >= 15 is 0 Å². The van der Waals surface area contributed by atoms with Crippen LogP contribution in [0.2, 0.25) is 5.02 Å². The van der Waals surface area contributed by atoms with Gasteiger partial charge in [-0.3, -0.25) is 14.5 Å². The maximum absolute atomic E-state index is 13.4. The highest BCUT2D eigenvalue weighted by Crippen LogP contribution is 2.24. The van der Waals surface area contributed by atoms with Crippen LogP contribution in [0.5, 0.6) is 0 Å². The molecule has 37 heavy (non-hydrogen) atoms. The standard InChI is InChI=1S/C27H33ClN4O5/c1-17-14-20(6-7-22(17)28)29-25(34)23(10-13-31-11-8-21(33)9-12-31)30-26(35)24-15-18-4-2-3-5-19(18)16-32(24)27(36)37/h2-7,14,21,23-24,33H,8-13,15-16H2,1H3,(H,29,34)(H,30,35)(H,36,37)/t23?,24-/m0/s1. The molecule has 0 aromatic heterocycles. The van der Waals surface area contributed by atoms with Crippen molar-refractivity contribution in [1.82, 2.24) is 15.1 Å². The lowest BCUT2D eigenvalue weighted by Crippen LogP contribution is -2.56. The van der Waals surface area contributed by atoms with Crippen LogP contribution in [0.4, 0.5) is 10.5 Å². The molecule has 4 N–H and O–H groups in total. The monoisotopic (exact) mass is 528 g/mol. The van der Waals surface area contributed by atoms with Gasteiger partial charge in [0, 0.05) is 36.8 Å². The third kappa shape index (κ3) is 6.80. The number of halogens is 1. The predicted molar refractivity (Wildman–Crippen MR) is 141 cm³/mol. The molecule has 2 heterocycles. The summed E-state index contributed by atoms with van der Waals surface area (Å²) in [5, 5.41) is 25.9. The molecule has 2 aliphatic heterocycles. The van der Waals surface area contributed by atoms with Crippen molar-refractivity contribution < 1.29 is 24.6 Å². The van der Waals surface area contributed by atoms with E-state index in [1.807, 2.05) is 31.2 Å². The smallest absolute Gasteiger partial charge is 0.408 e. The second-order valence-corrected chi connectivity index (χ2v) is 10.2. The molecule has 1 fully saturated rings. The highest BCUT2D eigenvalue weighted by atomic mass is 35.5. The molecule has 1 saturated heterocycles. The first kappa shape index (κ1) is 26.9. The number of anilines is 1. The molecular weight excluding hydrogens is 496 g/mol. The van der Waals surface area contributed by atoms with Gasteiger partial charge in [-0.1, -0.05) is 35.9 Å². The number of hydrogen-bond acceptors (Lipinski definition) is 5. The molecule has 198 valence electrons. The number of carbonyl (C=O) groups is 3. The summed E-state index contributed by atoms with van der Waals surface area (Å²) in [5.41, 5.74) is 3.16. The normalized spacial score (nSPS) is 19.1. The van der Waals surface area contributed by atoms with E-state index in [2.05, 4.69) is 15.5 Å². The average molecular weight is 529 g/mol. The summed E-state index contributed by atoms with van der Waals surface area (Å²) in [6.07, 6.45) is 0.433. The molecule has 3 amide bonds. The Bertz CT molecular complexity index is 1150. The molecule has 0 radical (unpaired) electrons. The number of piperidine rings is 1. The van der Waals surface area contributed by atoms with E-state index in [1.165, 1.54) is 0 Å². The van der Waals surface area contributed by atoms with Crippen LogP contribution in [0.1, 0.15) is 36.0 Å². The van der Waals surface area contributed by atoms with Crippen molar-refractivity contribution in [3.05, 3.63) is 64.2 Å². The Kier molecular flexibility index (Phi) is 8.68. The Labute approximate surface area is 221 Å². The van der Waals surface area contributed by atoms with Crippen molar-refractivity contribution in [1.29, 1.82) is 0 Å². The largest absolute Gasteiger partial charge is 0.465 e. The van der Waals surface area contributed by atoms with Gasteiger partial charge >= 0.3 is 6.09 Å². The highest BCUT2D eigenvalue weighted by molar-refractivity contribution is 6.31. The summed E-state index contributed by atoms with van der Waals surface area (Å²) in [6, 6.07) is 10.8. The number of hydrogen-bond donors (Lipinski definition) is 4. The van der Waals surface area contributed by atoms with E-state index in [0.29, 0.717) is 49.6 Å². The van der Waals surface area contributed by atoms with E-state index in [9.17, 15) is 24.6 Å². The van der Waals surface area contributed by atoms with Crippen LogP contribution >= 0.6 is 11.6 Å². The Morgan fingerprint density at radius 3 is 2.49 bits per heavy atom. The number of nitrogens with zero attached hydrogens (tertiary/aromatic N) is 2. The van der Waals surface area contributed by atoms with Crippen molar-refractivity contribution in [3.63, 3.8) is 0 Å². The van der Waals surface area contributed by atoms with Gasteiger partial charge < -0.3 is 25.7 Å². The van der Waals surface area contributed by atoms with Gasteiger partial charge in [0.2, 0.25) is 11.8 Å². The Balaban J connectivity index is 1.49. The summed E-state index contributed by atoms with van der Waals surface area (Å²) >= 11 is 6.11. The van der Waals surface area contributed by atoms with Gasteiger partial charge in [0.25, 0.3) is 0 Å². The molecule has 10 heteroatoms. The van der Waals surface area contributed by atoms with E-state index < -0.39 is 24.1 Å². The quantitative estimate of drug-likeness (QED) is 0.438. The predicted octanol–water partition coefficient (Wildman–Crippen LogP) is 3.02. The lowest BCUT2D eigenvalue weighted by atomic mass is 9.93. The number of rotatable bonds is 7. The highest BCUT2D eigenvalue weighted by Gasteiger charge is 2.36. The molecule has 0 aliphatic carbocycles. The maximum atomic E-state index is 13.4. The number of amides is 3. The molecule has 4 rings (SSSR count). The van der Waals surface area contributed by atoms with Gasteiger partial charge in [0.15, 0.2) is 0 Å². The van der Waals surface area contributed by atoms with Gasteiger partial charge in [-0.25, -0.2) is 4.79 Å². The fraction of sp³-hybridized carbons (Fsp3) is 0.444. The Hall–Kier alpha value is -3.14. The van der Waals surface area contributed by atoms with E-state index in [4.69, 9.17) is 11.6 Å². The van der Waals surface area contributed by atoms with Crippen LogP contribution in [-0.4, -0.2) is 75.7 Å². The minimum Gasteiger partial charge on any atom is -0.465 e. The van der Waals surface area contributed by atoms with E-state index in [0.717, 1.165) is 21.6 Å². The van der Waals surface area contributed by atoms with Crippen LogP contribution in [0, 0.1) is 6.92 Å². The second-order valence-electron chi connectivity index (χ2n) is 9.77. The SMILES string of the molecule is Cc1cc(NC(=O)C(CCN2CCC(O)CC2)NC(=O)[C@@H]2Cc3ccccc3CN2C(=O)O)ccc1Cl. The zero-order valence-electron chi connectivity index (χ0n) is 20.8. The van der Waals surface area contributed by atoms with Crippen molar-refractivity contribution in [2.75, 3.05) is 25.0 Å². The minimum absolute atomic E-state index is 0.112. The second kappa shape index (κ2) is 11.9. The van der Waals surface area contributed by atoms with E-state index in [-0.39, 0.29) is 25.0 Å². The molecule has 1 unspecified atom stereocenters. The number of carbonyl (C=O) groups excluding carboxylic acids is 2. The molecule has 0 saturated carbocycles. The first-order valence-corrected chi connectivity index (χ1v) is 12.9. The molecule has 0 bridgehead atoms. The van der Waals surface area contributed by atoms with E-state index in [1.54, 1.807) is 18.2 Å². The van der Waals surface area contributed by atoms with Crippen molar-refractivity contribution in [3.8, 4) is 0 Å². The fourth-order valence-corrected chi connectivity index (χ4v) is 5.02. The fourth-order valence-electron chi connectivity index (χ4n) is 4.90. The number of aliphatic hydroxyl groups is 1. The maximum Gasteiger partial charge on any atom is 0.408 e. The summed E-state index contributed by atoms with van der Waals surface area (Å²) in [4.78, 5) is 42.0. The van der Waals surface area contributed by atoms with Crippen LogP contribution < -0.4 is 10.6 Å². The lowest BCUT2D eigenvalue weighted by molar-refractivity contribution is -0.130. The molecule has 2 aromatic carbocycles. The van der Waals surface area contributed by atoms with Gasteiger partial charge in [-0.15, -0.1) is 0 Å². The number of nitrogens with one attached hydrogen (secondary N) is 2.